The van der Waals surface area contributed by atoms with Crippen molar-refractivity contribution in [1.82, 2.24) is 0 Å². The summed E-state index contributed by atoms with van der Waals surface area (Å²) in [4.78, 5) is 2.56. The van der Waals surface area contributed by atoms with Crippen molar-refractivity contribution in [1.29, 1.82) is 0 Å². The largest absolute Gasteiger partial charge is 0.310 e. The van der Waals surface area contributed by atoms with Gasteiger partial charge in [-0.25, -0.2) is 0 Å². The Balaban J connectivity index is 1.04. The van der Waals surface area contributed by atoms with Crippen molar-refractivity contribution >= 4 is 70.9 Å². The van der Waals surface area contributed by atoms with Gasteiger partial charge in [-0.1, -0.05) is 249 Å². The lowest BCUT2D eigenvalue weighted by molar-refractivity contribution is 0.793. The molecule has 0 saturated heterocycles. The van der Waals surface area contributed by atoms with Gasteiger partial charge in [-0.05, 0) is 163 Å². The lowest BCUT2D eigenvalue weighted by atomic mass is 9.70. The summed E-state index contributed by atoms with van der Waals surface area (Å²) < 4.78 is 0. The van der Waals surface area contributed by atoms with E-state index < -0.39 is 5.41 Å². The first kappa shape index (κ1) is 42.7. The molecule has 76 heavy (non-hydrogen) atoms. The Kier molecular flexibility index (Phi) is 9.32. The summed E-state index contributed by atoms with van der Waals surface area (Å²) in [6.07, 6.45) is 0. The summed E-state index contributed by atoms with van der Waals surface area (Å²) in [5.41, 5.74) is 20.6. The van der Waals surface area contributed by atoms with Gasteiger partial charge in [-0.3, -0.25) is 0 Å². The van der Waals surface area contributed by atoms with Crippen LogP contribution in [0.2, 0.25) is 0 Å². The van der Waals surface area contributed by atoms with Crippen LogP contribution in [0.1, 0.15) is 22.3 Å². The topological polar surface area (TPSA) is 3.24 Å². The summed E-state index contributed by atoms with van der Waals surface area (Å²) in [6, 6.07) is 107. The van der Waals surface area contributed by atoms with Crippen molar-refractivity contribution < 1.29 is 0 Å². The number of rotatable bonds is 6. The minimum Gasteiger partial charge on any atom is -0.310 e. The Bertz CT molecular complexity index is 4620. The number of anilines is 3. The Morgan fingerprint density at radius 3 is 1.32 bits per heavy atom. The second-order valence-corrected chi connectivity index (χ2v) is 20.6. The average molecular weight is 962 g/mol. The highest BCUT2D eigenvalue weighted by atomic mass is 15.1. The zero-order valence-electron chi connectivity index (χ0n) is 41.6. The van der Waals surface area contributed by atoms with E-state index in [2.05, 4.69) is 290 Å². The first-order valence-corrected chi connectivity index (χ1v) is 26.5. The van der Waals surface area contributed by atoms with Crippen LogP contribution in [0.5, 0.6) is 0 Å². The molecular formula is C75H47N. The maximum absolute atomic E-state index is 2.56. The highest BCUT2D eigenvalue weighted by Gasteiger charge is 2.51. The van der Waals surface area contributed by atoms with Crippen molar-refractivity contribution in [2.24, 2.45) is 0 Å². The minimum atomic E-state index is -0.495. The normalized spacial score (nSPS) is 12.8. The van der Waals surface area contributed by atoms with Gasteiger partial charge in [0.2, 0.25) is 0 Å². The lowest BCUT2D eigenvalue weighted by Gasteiger charge is -2.33. The molecule has 0 fully saturated rings. The van der Waals surface area contributed by atoms with E-state index in [-0.39, 0.29) is 0 Å². The number of fused-ring (bicyclic) bond motifs is 19. The quantitative estimate of drug-likeness (QED) is 0.150. The van der Waals surface area contributed by atoms with Crippen molar-refractivity contribution in [2.45, 2.75) is 5.41 Å². The van der Waals surface area contributed by atoms with Crippen LogP contribution >= 0.6 is 0 Å². The van der Waals surface area contributed by atoms with Gasteiger partial charge in [0, 0.05) is 16.8 Å². The lowest BCUT2D eigenvalue weighted by Crippen LogP contribution is -2.26. The fourth-order valence-electron chi connectivity index (χ4n) is 13.7. The fraction of sp³-hybridized carbons (Fsp3) is 0.0133. The molecule has 0 aliphatic heterocycles. The van der Waals surface area contributed by atoms with Crippen molar-refractivity contribution in [3.05, 3.63) is 307 Å². The third kappa shape index (κ3) is 6.03. The summed E-state index contributed by atoms with van der Waals surface area (Å²) >= 11 is 0. The first-order valence-electron chi connectivity index (χ1n) is 26.5. The van der Waals surface area contributed by atoms with Gasteiger partial charge in [0.15, 0.2) is 0 Å². The molecule has 1 spiro atoms. The molecule has 1 heteroatoms. The number of hydrogen-bond acceptors (Lipinski definition) is 1. The molecule has 14 aromatic carbocycles. The standard InChI is InChI=1S/C75H47N/c1-4-22-48(23-5-1)64-47-65(49-24-6-2-7-25-49)73-62-36-15-13-31-56(62)66-45-52(41-43-63(66)74(73)72(64)50-26-8-3-9-27-50)76(71-44-51-28-10-11-29-54(51)55-30-12-14-35-61(55)71)53-40-42-60-59-34-18-21-39-69(59)75(70(60)46-53)67-37-19-16-32-57(67)58-33-17-20-38-68(58)75/h1-47H. The van der Waals surface area contributed by atoms with Gasteiger partial charge < -0.3 is 4.90 Å². The maximum atomic E-state index is 2.56. The Labute approximate surface area is 441 Å². The average Bonchev–Trinajstić information content (AvgIpc) is 4.13. The molecule has 352 valence electrons. The molecule has 2 aliphatic carbocycles. The molecule has 0 bridgehead atoms. The molecule has 16 rings (SSSR count). The van der Waals surface area contributed by atoms with Crippen LogP contribution in [0.3, 0.4) is 0 Å². The van der Waals surface area contributed by atoms with Crippen LogP contribution in [0.25, 0.3) is 109 Å². The predicted octanol–water partition coefficient (Wildman–Crippen LogP) is 20.3. The molecule has 0 aromatic heterocycles. The summed E-state index contributed by atoms with van der Waals surface area (Å²) in [6.45, 7) is 0. The fourth-order valence-corrected chi connectivity index (χ4v) is 13.7. The van der Waals surface area contributed by atoms with E-state index in [4.69, 9.17) is 0 Å². The van der Waals surface area contributed by atoms with Gasteiger partial charge in [0.05, 0.1) is 11.1 Å². The van der Waals surface area contributed by atoms with Gasteiger partial charge in [-0.15, -0.1) is 0 Å². The van der Waals surface area contributed by atoms with Crippen LogP contribution < -0.4 is 4.90 Å². The zero-order chi connectivity index (χ0) is 49.9. The van der Waals surface area contributed by atoms with E-state index in [1.165, 1.54) is 132 Å². The molecule has 0 unspecified atom stereocenters. The molecule has 0 radical (unpaired) electrons. The molecule has 14 aromatic rings. The molecule has 0 N–H and O–H groups in total. The third-order valence-electron chi connectivity index (χ3n) is 16.8. The van der Waals surface area contributed by atoms with Crippen LogP contribution in [0.15, 0.2) is 285 Å². The molecule has 2 aliphatic rings. The molecule has 0 atom stereocenters. The zero-order valence-corrected chi connectivity index (χ0v) is 41.6. The monoisotopic (exact) mass is 961 g/mol. The van der Waals surface area contributed by atoms with E-state index in [0.717, 1.165) is 17.1 Å². The Morgan fingerprint density at radius 2 is 0.684 bits per heavy atom. The highest BCUT2D eigenvalue weighted by Crippen LogP contribution is 2.63. The maximum Gasteiger partial charge on any atom is 0.0726 e. The smallest absolute Gasteiger partial charge is 0.0726 e. The van der Waals surface area contributed by atoms with Crippen LogP contribution in [0, 0.1) is 0 Å². The van der Waals surface area contributed by atoms with E-state index in [1.807, 2.05) is 0 Å². The van der Waals surface area contributed by atoms with Crippen LogP contribution in [-0.4, -0.2) is 0 Å². The highest BCUT2D eigenvalue weighted by molar-refractivity contribution is 6.33. The molecule has 1 nitrogen and oxygen atoms in total. The second-order valence-electron chi connectivity index (χ2n) is 20.6. The van der Waals surface area contributed by atoms with E-state index in [1.54, 1.807) is 0 Å². The molecular weight excluding hydrogens is 915 g/mol. The Hall–Kier alpha value is -9.82. The van der Waals surface area contributed by atoms with Gasteiger partial charge >= 0.3 is 0 Å². The van der Waals surface area contributed by atoms with Gasteiger partial charge in [0.1, 0.15) is 0 Å². The summed E-state index contributed by atoms with van der Waals surface area (Å²) in [7, 11) is 0. The summed E-state index contributed by atoms with van der Waals surface area (Å²) in [5, 5.41) is 12.3. The van der Waals surface area contributed by atoms with Crippen molar-refractivity contribution in [3.63, 3.8) is 0 Å². The molecule has 0 amide bonds. The van der Waals surface area contributed by atoms with Crippen LogP contribution in [-0.2, 0) is 5.41 Å². The van der Waals surface area contributed by atoms with Gasteiger partial charge in [0.25, 0.3) is 0 Å². The van der Waals surface area contributed by atoms with Gasteiger partial charge in [-0.2, -0.15) is 0 Å². The van der Waals surface area contributed by atoms with Crippen LogP contribution in [0.4, 0.5) is 17.1 Å². The molecule has 0 saturated carbocycles. The SMILES string of the molecule is c1ccc(-c2cc(-c3ccccc3)c3c4ccccc4c4cc(N(c5ccc6c(c5)C5(c7ccccc7-c7ccccc75)c5ccccc5-6)c5cc6ccccc6c6ccccc56)ccc4c3c2-c2ccccc2)cc1. The summed E-state index contributed by atoms with van der Waals surface area (Å²) in [5.74, 6) is 0. The number of nitrogens with zero attached hydrogens (tertiary/aromatic N) is 1. The van der Waals surface area contributed by atoms with Crippen molar-refractivity contribution in [3.8, 4) is 55.6 Å². The molecule has 0 heterocycles. The van der Waals surface area contributed by atoms with Crippen molar-refractivity contribution in [2.75, 3.05) is 4.90 Å². The second kappa shape index (κ2) is 16.6. The number of hydrogen-bond donors (Lipinski definition) is 0. The van der Waals surface area contributed by atoms with E-state index >= 15 is 0 Å². The Morgan fingerprint density at radius 1 is 0.237 bits per heavy atom. The van der Waals surface area contributed by atoms with E-state index in [9.17, 15) is 0 Å². The van der Waals surface area contributed by atoms with E-state index in [0.29, 0.717) is 0 Å². The first-order chi connectivity index (χ1) is 37.7. The number of benzene rings is 14. The predicted molar refractivity (Wildman–Crippen MR) is 321 cm³/mol. The minimum absolute atomic E-state index is 0.495. The third-order valence-corrected chi connectivity index (χ3v) is 16.8.